The maximum Gasteiger partial charge on any atom is 0.131 e. The van der Waals surface area contributed by atoms with Crippen molar-refractivity contribution in [2.75, 3.05) is 6.54 Å². The van der Waals surface area contributed by atoms with Gasteiger partial charge >= 0.3 is 0 Å². The van der Waals surface area contributed by atoms with Gasteiger partial charge in [0.05, 0.1) is 6.04 Å². The molecule has 1 unspecified atom stereocenters. The van der Waals surface area contributed by atoms with Crippen LogP contribution in [0.5, 0.6) is 0 Å². The Hall–Kier alpha value is -1.33. The van der Waals surface area contributed by atoms with E-state index in [0.29, 0.717) is 16.6 Å². The van der Waals surface area contributed by atoms with E-state index < -0.39 is 23.5 Å². The summed E-state index contributed by atoms with van der Waals surface area (Å²) in [4.78, 5) is 0. The summed E-state index contributed by atoms with van der Waals surface area (Å²) >= 11 is 3.24. The fourth-order valence-corrected chi connectivity index (χ4v) is 2.67. The molecule has 106 valence electrons. The first-order valence-electron chi connectivity index (χ1n) is 6.16. The van der Waals surface area contributed by atoms with Crippen molar-refractivity contribution >= 4 is 15.9 Å². The van der Waals surface area contributed by atoms with Crippen molar-refractivity contribution in [2.45, 2.75) is 13.0 Å². The van der Waals surface area contributed by atoms with E-state index in [-0.39, 0.29) is 5.56 Å². The molecule has 0 aromatic heterocycles. The molecule has 2 rings (SSSR count). The van der Waals surface area contributed by atoms with E-state index in [2.05, 4.69) is 21.2 Å². The van der Waals surface area contributed by atoms with Crippen LogP contribution in [0.4, 0.5) is 13.2 Å². The minimum Gasteiger partial charge on any atom is -0.306 e. The van der Waals surface area contributed by atoms with Crippen LogP contribution in [0.15, 0.2) is 40.9 Å². The average molecular weight is 344 g/mol. The molecule has 0 heterocycles. The summed E-state index contributed by atoms with van der Waals surface area (Å²) in [6.45, 7) is 2.35. The van der Waals surface area contributed by atoms with E-state index in [0.717, 1.165) is 0 Å². The highest BCUT2D eigenvalue weighted by molar-refractivity contribution is 9.10. The lowest BCUT2D eigenvalue weighted by atomic mass is 9.97. The van der Waals surface area contributed by atoms with Gasteiger partial charge in [0, 0.05) is 10.0 Å². The molecule has 0 spiro atoms. The monoisotopic (exact) mass is 343 g/mol. The van der Waals surface area contributed by atoms with Crippen LogP contribution in [-0.2, 0) is 0 Å². The zero-order valence-electron chi connectivity index (χ0n) is 10.8. The van der Waals surface area contributed by atoms with Gasteiger partial charge in [-0.3, -0.25) is 0 Å². The van der Waals surface area contributed by atoms with Gasteiger partial charge in [-0.25, -0.2) is 13.2 Å². The van der Waals surface area contributed by atoms with E-state index in [4.69, 9.17) is 0 Å². The normalized spacial score (nSPS) is 12.4. The molecular weight excluding hydrogens is 331 g/mol. The van der Waals surface area contributed by atoms with Crippen LogP contribution in [0.1, 0.15) is 24.1 Å². The van der Waals surface area contributed by atoms with Gasteiger partial charge in [0.15, 0.2) is 0 Å². The number of halogens is 4. The third-order valence-electron chi connectivity index (χ3n) is 2.97. The van der Waals surface area contributed by atoms with Gasteiger partial charge in [-0.15, -0.1) is 0 Å². The van der Waals surface area contributed by atoms with Crippen molar-refractivity contribution in [3.05, 3.63) is 69.4 Å². The number of hydrogen-bond acceptors (Lipinski definition) is 1. The Bertz CT molecular complexity index is 596. The molecule has 1 nitrogen and oxygen atoms in total. The largest absolute Gasteiger partial charge is 0.306 e. The lowest BCUT2D eigenvalue weighted by Gasteiger charge is -2.21. The number of hydrogen-bond donors (Lipinski definition) is 1. The van der Waals surface area contributed by atoms with Crippen molar-refractivity contribution in [2.24, 2.45) is 0 Å². The van der Waals surface area contributed by atoms with Crippen LogP contribution in [-0.4, -0.2) is 6.54 Å². The molecule has 1 atom stereocenters. The maximum absolute atomic E-state index is 14.0. The van der Waals surface area contributed by atoms with Gasteiger partial charge in [-0.2, -0.15) is 0 Å². The van der Waals surface area contributed by atoms with Crippen molar-refractivity contribution in [3.8, 4) is 0 Å². The van der Waals surface area contributed by atoms with E-state index in [1.54, 1.807) is 0 Å². The van der Waals surface area contributed by atoms with Gasteiger partial charge in [0.1, 0.15) is 17.5 Å². The maximum atomic E-state index is 14.0. The molecule has 0 saturated carbocycles. The van der Waals surface area contributed by atoms with Crippen LogP contribution in [0, 0.1) is 17.5 Å². The van der Waals surface area contributed by atoms with Crippen molar-refractivity contribution in [1.82, 2.24) is 5.32 Å². The summed E-state index contributed by atoms with van der Waals surface area (Å²) in [5.41, 5.74) is 0.513. The van der Waals surface area contributed by atoms with Gasteiger partial charge in [-0.1, -0.05) is 35.0 Å². The SMILES string of the molecule is CCNC(c1ccc(F)cc1Br)c1c(F)cccc1F. The molecule has 0 fully saturated rings. The summed E-state index contributed by atoms with van der Waals surface area (Å²) < 4.78 is 41.5. The van der Waals surface area contributed by atoms with E-state index in [1.807, 2.05) is 6.92 Å². The molecule has 0 amide bonds. The zero-order valence-corrected chi connectivity index (χ0v) is 12.3. The minimum absolute atomic E-state index is 0.0679. The second kappa shape index (κ2) is 6.41. The molecule has 2 aromatic rings. The van der Waals surface area contributed by atoms with Crippen molar-refractivity contribution in [3.63, 3.8) is 0 Å². The molecule has 0 bridgehead atoms. The lowest BCUT2D eigenvalue weighted by molar-refractivity contribution is 0.509. The summed E-state index contributed by atoms with van der Waals surface area (Å²) in [6, 6.07) is 7.11. The Labute approximate surface area is 123 Å². The van der Waals surface area contributed by atoms with Crippen LogP contribution >= 0.6 is 15.9 Å². The summed E-state index contributed by atoms with van der Waals surface area (Å²) in [6.07, 6.45) is 0. The Morgan fingerprint density at radius 3 is 2.30 bits per heavy atom. The van der Waals surface area contributed by atoms with Gasteiger partial charge in [0.25, 0.3) is 0 Å². The molecule has 0 aliphatic carbocycles. The van der Waals surface area contributed by atoms with Crippen LogP contribution in [0.25, 0.3) is 0 Å². The van der Waals surface area contributed by atoms with Gasteiger partial charge < -0.3 is 5.32 Å². The lowest BCUT2D eigenvalue weighted by Crippen LogP contribution is -2.24. The Morgan fingerprint density at radius 1 is 1.10 bits per heavy atom. The smallest absolute Gasteiger partial charge is 0.131 e. The topological polar surface area (TPSA) is 12.0 Å². The molecule has 0 saturated heterocycles. The molecule has 1 N–H and O–H groups in total. The zero-order chi connectivity index (χ0) is 14.7. The quantitative estimate of drug-likeness (QED) is 0.857. The highest BCUT2D eigenvalue weighted by atomic mass is 79.9. The molecule has 0 radical (unpaired) electrons. The van der Waals surface area contributed by atoms with Crippen LogP contribution < -0.4 is 5.32 Å². The van der Waals surface area contributed by atoms with Gasteiger partial charge in [-0.05, 0) is 36.4 Å². The second-order valence-electron chi connectivity index (χ2n) is 4.29. The fourth-order valence-electron chi connectivity index (χ4n) is 2.09. The Kier molecular flexibility index (Phi) is 4.83. The first kappa shape index (κ1) is 15.1. The average Bonchev–Trinajstić information content (AvgIpc) is 2.38. The molecule has 5 heteroatoms. The molecule has 0 aliphatic heterocycles. The molecule has 0 aliphatic rings. The van der Waals surface area contributed by atoms with Crippen molar-refractivity contribution < 1.29 is 13.2 Å². The predicted molar refractivity (Wildman–Crippen MR) is 76.0 cm³/mol. The predicted octanol–water partition coefficient (Wildman–Crippen LogP) is 4.57. The van der Waals surface area contributed by atoms with E-state index in [1.165, 1.54) is 36.4 Å². The highest BCUT2D eigenvalue weighted by Crippen LogP contribution is 2.32. The number of rotatable bonds is 4. The van der Waals surface area contributed by atoms with E-state index in [9.17, 15) is 13.2 Å². The molecule has 2 aromatic carbocycles. The third kappa shape index (κ3) is 3.04. The minimum atomic E-state index is -0.684. The fraction of sp³-hybridized carbons (Fsp3) is 0.200. The molecule has 20 heavy (non-hydrogen) atoms. The molecular formula is C15H13BrF3N. The number of nitrogens with one attached hydrogen (secondary N) is 1. The van der Waals surface area contributed by atoms with E-state index >= 15 is 0 Å². The number of benzene rings is 2. The van der Waals surface area contributed by atoms with Gasteiger partial charge in [0.2, 0.25) is 0 Å². The van der Waals surface area contributed by atoms with Crippen molar-refractivity contribution in [1.29, 1.82) is 0 Å². The highest BCUT2D eigenvalue weighted by Gasteiger charge is 2.23. The summed E-state index contributed by atoms with van der Waals surface area (Å²) in [5.74, 6) is -1.68. The van der Waals surface area contributed by atoms with Crippen LogP contribution in [0.3, 0.4) is 0 Å². The standard InChI is InChI=1S/C15H13BrF3N/c1-2-20-15(10-7-6-9(17)8-11(10)16)14-12(18)4-3-5-13(14)19/h3-8,15,20H,2H2,1H3. The second-order valence-corrected chi connectivity index (χ2v) is 5.15. The Balaban J connectivity index is 2.56. The summed E-state index contributed by atoms with van der Waals surface area (Å²) in [5, 5.41) is 3.02. The first-order chi connectivity index (χ1) is 9.54. The Morgan fingerprint density at radius 2 is 1.75 bits per heavy atom. The summed E-state index contributed by atoms with van der Waals surface area (Å²) in [7, 11) is 0. The first-order valence-corrected chi connectivity index (χ1v) is 6.96. The van der Waals surface area contributed by atoms with Crippen LogP contribution in [0.2, 0.25) is 0 Å². The third-order valence-corrected chi connectivity index (χ3v) is 3.66.